The van der Waals surface area contributed by atoms with Crippen LogP contribution in [0.25, 0.3) is 0 Å². The maximum absolute atomic E-state index is 8.75. The molecule has 2 aliphatic rings. The van der Waals surface area contributed by atoms with E-state index in [1.807, 2.05) is 12.1 Å². The quantitative estimate of drug-likeness (QED) is 0.825. The highest BCUT2D eigenvalue weighted by atomic mass is 15.2. The number of nitrogens with one attached hydrogen (secondary N) is 1. The fourth-order valence-corrected chi connectivity index (χ4v) is 3.02. The highest BCUT2D eigenvalue weighted by molar-refractivity contribution is 5.31. The Labute approximate surface area is 102 Å². The zero-order valence-corrected chi connectivity index (χ0v) is 9.89. The van der Waals surface area contributed by atoms with Crippen LogP contribution in [0.2, 0.25) is 0 Å². The zero-order valence-electron chi connectivity index (χ0n) is 9.89. The molecule has 0 saturated carbocycles. The topological polar surface area (TPSA) is 39.1 Å². The SMILES string of the molecule is N#Cc1ccc(CN2C[C@H]3CNC[C@H]3C2)cc1. The molecule has 3 heteroatoms. The van der Waals surface area contributed by atoms with Gasteiger partial charge in [0.2, 0.25) is 0 Å². The van der Waals surface area contributed by atoms with Crippen LogP contribution in [0, 0.1) is 23.2 Å². The minimum absolute atomic E-state index is 0.747. The largest absolute Gasteiger partial charge is 0.316 e. The molecule has 1 aromatic carbocycles. The molecule has 17 heavy (non-hydrogen) atoms. The fourth-order valence-electron chi connectivity index (χ4n) is 3.02. The van der Waals surface area contributed by atoms with Crippen LogP contribution in [-0.2, 0) is 6.54 Å². The van der Waals surface area contributed by atoms with Crippen LogP contribution in [0.15, 0.2) is 24.3 Å². The van der Waals surface area contributed by atoms with Crippen molar-refractivity contribution in [2.75, 3.05) is 26.2 Å². The van der Waals surface area contributed by atoms with E-state index in [4.69, 9.17) is 5.26 Å². The molecule has 0 amide bonds. The second-order valence-corrected chi connectivity index (χ2v) is 5.18. The summed E-state index contributed by atoms with van der Waals surface area (Å²) in [6.45, 7) is 5.84. The van der Waals surface area contributed by atoms with Crippen molar-refractivity contribution in [3.8, 4) is 6.07 Å². The highest BCUT2D eigenvalue weighted by Crippen LogP contribution is 2.27. The first-order chi connectivity index (χ1) is 8.35. The standard InChI is InChI=1S/C14H17N3/c15-5-11-1-3-12(4-2-11)8-17-9-13-6-16-7-14(13)10-17/h1-4,13-14,16H,6-10H2/t13-,14+. The lowest BCUT2D eigenvalue weighted by atomic mass is 10.0. The van der Waals surface area contributed by atoms with E-state index in [-0.39, 0.29) is 0 Å². The summed E-state index contributed by atoms with van der Waals surface area (Å²) in [5.41, 5.74) is 2.06. The minimum atomic E-state index is 0.747. The third kappa shape index (κ3) is 2.19. The Bertz CT molecular complexity index is 420. The molecule has 0 aliphatic carbocycles. The molecular weight excluding hydrogens is 210 g/mol. The van der Waals surface area contributed by atoms with Gasteiger partial charge in [0.15, 0.2) is 0 Å². The van der Waals surface area contributed by atoms with Crippen LogP contribution in [-0.4, -0.2) is 31.1 Å². The molecule has 0 radical (unpaired) electrons. The van der Waals surface area contributed by atoms with Gasteiger partial charge in [-0.05, 0) is 42.6 Å². The van der Waals surface area contributed by atoms with Crippen molar-refractivity contribution in [1.29, 1.82) is 5.26 Å². The molecule has 2 aliphatic heterocycles. The molecule has 3 rings (SSSR count). The van der Waals surface area contributed by atoms with Crippen LogP contribution >= 0.6 is 0 Å². The van der Waals surface area contributed by atoms with Gasteiger partial charge >= 0.3 is 0 Å². The molecule has 88 valence electrons. The Hall–Kier alpha value is -1.37. The molecule has 2 atom stereocenters. The van der Waals surface area contributed by atoms with Crippen molar-refractivity contribution in [3.05, 3.63) is 35.4 Å². The molecule has 3 nitrogen and oxygen atoms in total. The van der Waals surface area contributed by atoms with Gasteiger partial charge in [0.1, 0.15) is 0 Å². The summed E-state index contributed by atoms with van der Waals surface area (Å²) < 4.78 is 0. The summed E-state index contributed by atoms with van der Waals surface area (Å²) >= 11 is 0. The van der Waals surface area contributed by atoms with Gasteiger partial charge in [0.25, 0.3) is 0 Å². The maximum Gasteiger partial charge on any atom is 0.0991 e. The average Bonchev–Trinajstić information content (AvgIpc) is 2.90. The summed E-state index contributed by atoms with van der Waals surface area (Å²) in [6, 6.07) is 10.1. The summed E-state index contributed by atoms with van der Waals surface area (Å²) in [4.78, 5) is 2.54. The smallest absolute Gasteiger partial charge is 0.0991 e. The number of hydrogen-bond acceptors (Lipinski definition) is 3. The Kier molecular flexibility index (Phi) is 2.84. The van der Waals surface area contributed by atoms with Crippen molar-refractivity contribution in [1.82, 2.24) is 10.2 Å². The average molecular weight is 227 g/mol. The number of nitriles is 1. The lowest BCUT2D eigenvalue weighted by Crippen LogP contribution is -2.25. The van der Waals surface area contributed by atoms with Crippen molar-refractivity contribution in [2.24, 2.45) is 11.8 Å². The van der Waals surface area contributed by atoms with E-state index in [0.29, 0.717) is 0 Å². The first-order valence-corrected chi connectivity index (χ1v) is 6.27. The first-order valence-electron chi connectivity index (χ1n) is 6.27. The summed E-state index contributed by atoms with van der Waals surface area (Å²) in [7, 11) is 0. The lowest BCUT2D eigenvalue weighted by molar-refractivity contribution is 0.305. The predicted molar refractivity (Wildman–Crippen MR) is 66.3 cm³/mol. The Morgan fingerprint density at radius 2 is 1.82 bits per heavy atom. The second kappa shape index (κ2) is 4.48. The molecule has 2 saturated heterocycles. The van der Waals surface area contributed by atoms with E-state index >= 15 is 0 Å². The van der Waals surface area contributed by atoms with E-state index in [2.05, 4.69) is 28.4 Å². The fraction of sp³-hybridized carbons (Fsp3) is 0.500. The van der Waals surface area contributed by atoms with E-state index < -0.39 is 0 Å². The van der Waals surface area contributed by atoms with E-state index in [0.717, 1.165) is 23.9 Å². The zero-order chi connectivity index (χ0) is 11.7. The van der Waals surface area contributed by atoms with Gasteiger partial charge in [-0.25, -0.2) is 0 Å². The number of rotatable bonds is 2. The summed E-state index contributed by atoms with van der Waals surface area (Å²) in [6.07, 6.45) is 0. The van der Waals surface area contributed by atoms with Gasteiger partial charge in [0.05, 0.1) is 11.6 Å². The number of likely N-dealkylation sites (tertiary alicyclic amines) is 1. The summed E-state index contributed by atoms with van der Waals surface area (Å²) in [5.74, 6) is 1.71. The monoisotopic (exact) mass is 227 g/mol. The van der Waals surface area contributed by atoms with E-state index in [1.54, 1.807) is 0 Å². The van der Waals surface area contributed by atoms with Crippen molar-refractivity contribution in [3.63, 3.8) is 0 Å². The highest BCUT2D eigenvalue weighted by Gasteiger charge is 2.35. The Morgan fingerprint density at radius 3 is 2.41 bits per heavy atom. The molecule has 1 aromatic rings. The van der Waals surface area contributed by atoms with Crippen molar-refractivity contribution in [2.45, 2.75) is 6.54 Å². The van der Waals surface area contributed by atoms with Gasteiger partial charge in [-0.15, -0.1) is 0 Å². The normalized spacial score (nSPS) is 27.9. The second-order valence-electron chi connectivity index (χ2n) is 5.18. The van der Waals surface area contributed by atoms with Gasteiger partial charge in [-0.2, -0.15) is 5.26 Å². The number of benzene rings is 1. The van der Waals surface area contributed by atoms with Crippen LogP contribution < -0.4 is 5.32 Å². The van der Waals surface area contributed by atoms with E-state index in [9.17, 15) is 0 Å². The van der Waals surface area contributed by atoms with Crippen LogP contribution in [0.1, 0.15) is 11.1 Å². The molecule has 0 unspecified atom stereocenters. The molecular formula is C14H17N3. The van der Waals surface area contributed by atoms with Gasteiger partial charge < -0.3 is 5.32 Å². The van der Waals surface area contributed by atoms with Gasteiger partial charge in [0, 0.05) is 19.6 Å². The number of fused-ring (bicyclic) bond motifs is 1. The maximum atomic E-state index is 8.75. The molecule has 1 N–H and O–H groups in total. The molecule has 0 bridgehead atoms. The first kappa shape index (κ1) is 10.8. The van der Waals surface area contributed by atoms with Gasteiger partial charge in [-0.3, -0.25) is 4.90 Å². The minimum Gasteiger partial charge on any atom is -0.316 e. The van der Waals surface area contributed by atoms with E-state index in [1.165, 1.54) is 31.7 Å². The van der Waals surface area contributed by atoms with Crippen LogP contribution in [0.3, 0.4) is 0 Å². The molecule has 2 fully saturated rings. The number of hydrogen-bond donors (Lipinski definition) is 1. The Morgan fingerprint density at radius 1 is 1.18 bits per heavy atom. The lowest BCUT2D eigenvalue weighted by Gasteiger charge is -2.16. The van der Waals surface area contributed by atoms with Crippen molar-refractivity contribution < 1.29 is 0 Å². The van der Waals surface area contributed by atoms with Crippen LogP contribution in [0.4, 0.5) is 0 Å². The third-order valence-electron chi connectivity index (χ3n) is 3.95. The number of nitrogens with zero attached hydrogens (tertiary/aromatic N) is 2. The third-order valence-corrected chi connectivity index (χ3v) is 3.95. The summed E-state index contributed by atoms with van der Waals surface area (Å²) in [5, 5.41) is 12.2. The molecule has 2 heterocycles. The van der Waals surface area contributed by atoms with Gasteiger partial charge in [-0.1, -0.05) is 12.1 Å². The Balaban J connectivity index is 1.62. The molecule has 0 aromatic heterocycles. The predicted octanol–water partition coefficient (Wildman–Crippen LogP) is 1.21. The van der Waals surface area contributed by atoms with Crippen LogP contribution in [0.5, 0.6) is 0 Å². The van der Waals surface area contributed by atoms with Crippen molar-refractivity contribution >= 4 is 0 Å². The molecule has 0 spiro atoms.